The van der Waals surface area contributed by atoms with E-state index in [1.54, 1.807) is 0 Å². The number of hydrogen-bond acceptors (Lipinski definition) is 7. The summed E-state index contributed by atoms with van der Waals surface area (Å²) < 4.78 is 78.2. The maximum atomic E-state index is 13.2. The number of amides is 3. The van der Waals surface area contributed by atoms with Crippen molar-refractivity contribution < 1.29 is 108 Å². The Morgan fingerprint density at radius 3 is 1.18 bits per heavy atom. The summed E-state index contributed by atoms with van der Waals surface area (Å²) in [5.41, 5.74) is -0.575. The molecule has 6 rings (SSSR count). The monoisotopic (exact) mass is 890 g/mol. The van der Waals surface area contributed by atoms with Crippen LogP contribution < -0.4 is 57.1 Å². The fraction of sp³-hybridized carbons (Fsp3) is 0.636. The van der Waals surface area contributed by atoms with E-state index in [0.717, 1.165) is 89.9 Å². The Bertz CT molecular complexity index is 1790. The second-order valence-electron chi connectivity index (χ2n) is 17.2. The van der Waals surface area contributed by atoms with E-state index in [0.29, 0.717) is 49.7 Å². The van der Waals surface area contributed by atoms with Gasteiger partial charge in [0.05, 0.1) is 6.07 Å². The minimum Gasteiger partial charge on any atom is -0.870 e. The second kappa shape index (κ2) is 21.9. The molecule has 10 nitrogen and oxygen atoms in total. The smallest absolute Gasteiger partial charge is 0.870 e. The van der Waals surface area contributed by atoms with E-state index >= 15 is 0 Å². The predicted octanol–water partition coefficient (Wildman–Crippen LogP) is 5.64. The SMILES string of the molecule is C[C@](O)(c1ccc(C(=O)N(C2CCC(CCC#N)CC2)C2CC2)cc1)C(F)(F)F.C[C@](O)(c1ccc(C(=O)N(C2CCC(CCC(N)=O)CC2)C2CC2)cc1)C(F)(F)F.[K+].[OH-]. The first-order chi connectivity index (χ1) is 27.7. The van der Waals surface area contributed by atoms with Crippen molar-refractivity contribution in [3.05, 3.63) is 70.8 Å². The fourth-order valence-corrected chi connectivity index (χ4v) is 8.50. The quantitative estimate of drug-likeness (QED) is 0.172. The van der Waals surface area contributed by atoms with E-state index in [-0.39, 0.29) is 110 Å². The molecule has 4 fully saturated rings. The van der Waals surface area contributed by atoms with E-state index < -0.39 is 23.6 Å². The standard InChI is InChI=1S/C22H29F3N2O3.C22H27F3N2O2.K.H2O/c1-21(30,22(23,24)25)16-7-5-15(6-8-16)20(29)27(18-11-12-18)17-9-2-14(3-10-17)4-13-19(26)28;1-21(29,22(23,24)25)17-8-6-16(7-9-17)20(28)27(19-12-13-19)18-10-4-15(5-11-18)3-2-14-26;;/h5-8,14,17-18,30H,2-4,9-13H2,1H3,(H2,26,28);6-9,15,18-19,29H,2-5,10-13H2,1H3;;1H2/q;;+1;/p-1/t14?,17?,21-;15?,18?,21-;;/m00../s1. The molecule has 0 aromatic heterocycles. The molecule has 5 N–H and O–H groups in total. The molecule has 0 saturated heterocycles. The topological polar surface area (TPSA) is 178 Å². The molecule has 4 saturated carbocycles. The number of nitriles is 1. The minimum absolute atomic E-state index is 0. The summed E-state index contributed by atoms with van der Waals surface area (Å²) in [6.07, 6.45) is 4.21. The molecule has 0 heterocycles. The number of alkyl halides is 6. The summed E-state index contributed by atoms with van der Waals surface area (Å²) in [5.74, 6) is 0.363. The zero-order valence-corrected chi connectivity index (χ0v) is 38.3. The summed E-state index contributed by atoms with van der Waals surface area (Å²) in [7, 11) is 0. The summed E-state index contributed by atoms with van der Waals surface area (Å²) >= 11 is 0. The number of halogens is 6. The van der Waals surface area contributed by atoms with Gasteiger partial charge in [0.1, 0.15) is 0 Å². The van der Waals surface area contributed by atoms with Crippen LogP contribution in [0.2, 0.25) is 0 Å². The van der Waals surface area contributed by atoms with E-state index in [4.69, 9.17) is 11.0 Å². The second-order valence-corrected chi connectivity index (χ2v) is 17.2. The van der Waals surface area contributed by atoms with Crippen molar-refractivity contribution in [3.8, 4) is 6.07 Å². The number of carbonyl (C=O) groups is 3. The molecular formula is C44H57F6KN4O6. The summed E-state index contributed by atoms with van der Waals surface area (Å²) in [5, 5.41) is 28.4. The molecular weight excluding hydrogens is 834 g/mol. The Labute approximate surface area is 396 Å². The normalized spacial score (nSPS) is 23.5. The van der Waals surface area contributed by atoms with Gasteiger partial charge in [0.25, 0.3) is 11.8 Å². The third-order valence-corrected chi connectivity index (χ3v) is 12.7. The predicted molar refractivity (Wildman–Crippen MR) is 209 cm³/mol. The molecule has 0 spiro atoms. The number of aliphatic hydroxyl groups is 2. The van der Waals surface area contributed by atoms with Crippen molar-refractivity contribution in [1.29, 1.82) is 5.26 Å². The molecule has 0 radical (unpaired) electrons. The van der Waals surface area contributed by atoms with Crippen LogP contribution in [-0.2, 0) is 16.0 Å². The Kier molecular flexibility index (Phi) is 18.9. The van der Waals surface area contributed by atoms with Crippen LogP contribution >= 0.6 is 0 Å². The van der Waals surface area contributed by atoms with Gasteiger partial charge in [-0.15, -0.1) is 0 Å². The van der Waals surface area contributed by atoms with Crippen LogP contribution in [0, 0.1) is 23.2 Å². The molecule has 17 heteroatoms. The molecule has 4 aliphatic carbocycles. The average molecular weight is 891 g/mol. The number of nitrogens with two attached hydrogens (primary N) is 1. The molecule has 61 heavy (non-hydrogen) atoms. The van der Waals surface area contributed by atoms with Gasteiger partial charge in [-0.1, -0.05) is 24.3 Å². The van der Waals surface area contributed by atoms with Crippen LogP contribution in [0.15, 0.2) is 48.5 Å². The average Bonchev–Trinajstić information content (AvgIpc) is 4.14. The molecule has 0 bridgehead atoms. The van der Waals surface area contributed by atoms with Gasteiger partial charge in [-0.2, -0.15) is 31.6 Å². The number of nitrogens with zero attached hydrogens (tertiary/aromatic N) is 3. The van der Waals surface area contributed by atoms with Crippen LogP contribution in [0.3, 0.4) is 0 Å². The van der Waals surface area contributed by atoms with Gasteiger partial charge >= 0.3 is 63.7 Å². The van der Waals surface area contributed by atoms with Crippen molar-refractivity contribution in [2.24, 2.45) is 17.6 Å². The molecule has 4 aliphatic rings. The van der Waals surface area contributed by atoms with Crippen LogP contribution in [0.25, 0.3) is 0 Å². The summed E-state index contributed by atoms with van der Waals surface area (Å²) in [6.45, 7) is 1.42. The minimum atomic E-state index is -4.80. The fourth-order valence-electron chi connectivity index (χ4n) is 8.50. The Morgan fingerprint density at radius 1 is 0.623 bits per heavy atom. The van der Waals surface area contributed by atoms with Gasteiger partial charge in [-0.05, 0) is 151 Å². The van der Waals surface area contributed by atoms with Crippen molar-refractivity contribution in [3.63, 3.8) is 0 Å². The van der Waals surface area contributed by atoms with Crippen LogP contribution in [0.4, 0.5) is 26.3 Å². The number of rotatable bonds is 13. The maximum absolute atomic E-state index is 13.2. The van der Waals surface area contributed by atoms with Gasteiger partial charge in [0.2, 0.25) is 5.91 Å². The Morgan fingerprint density at radius 2 is 0.918 bits per heavy atom. The number of carbonyl (C=O) groups excluding carboxylic acids is 3. The molecule has 0 unspecified atom stereocenters. The van der Waals surface area contributed by atoms with E-state index in [2.05, 4.69) is 6.07 Å². The van der Waals surface area contributed by atoms with Gasteiger partial charge in [0, 0.05) is 48.1 Å². The molecule has 2 aromatic carbocycles. The van der Waals surface area contributed by atoms with Gasteiger partial charge in [0.15, 0.2) is 11.2 Å². The number of benzene rings is 2. The van der Waals surface area contributed by atoms with Crippen LogP contribution in [0.1, 0.15) is 148 Å². The third-order valence-electron chi connectivity index (χ3n) is 12.7. The zero-order valence-electron chi connectivity index (χ0n) is 35.1. The Hall–Kier alpha value is -2.56. The summed E-state index contributed by atoms with van der Waals surface area (Å²) in [4.78, 5) is 41.1. The van der Waals surface area contributed by atoms with Gasteiger partial charge in [-0.25, -0.2) is 0 Å². The first-order valence-electron chi connectivity index (χ1n) is 20.8. The molecule has 3 amide bonds. The van der Waals surface area contributed by atoms with Crippen molar-refractivity contribution in [1.82, 2.24) is 9.80 Å². The third kappa shape index (κ3) is 13.5. The van der Waals surface area contributed by atoms with Gasteiger partial charge < -0.3 is 31.2 Å². The molecule has 2 aromatic rings. The van der Waals surface area contributed by atoms with E-state index in [1.165, 1.54) is 48.5 Å². The Balaban J connectivity index is 0.000000315. The first kappa shape index (κ1) is 52.8. The molecule has 0 aliphatic heterocycles. The first-order valence-corrected chi connectivity index (χ1v) is 20.8. The van der Waals surface area contributed by atoms with E-state index in [9.17, 15) is 50.9 Å². The number of hydrogen-bond donors (Lipinski definition) is 3. The summed E-state index contributed by atoms with van der Waals surface area (Å²) in [6, 6.07) is 13.0. The van der Waals surface area contributed by atoms with Crippen molar-refractivity contribution in [2.45, 2.75) is 164 Å². The van der Waals surface area contributed by atoms with Gasteiger partial charge in [-0.3, -0.25) is 14.4 Å². The van der Waals surface area contributed by atoms with Crippen molar-refractivity contribution in [2.75, 3.05) is 0 Å². The van der Waals surface area contributed by atoms with Crippen LogP contribution in [0.5, 0.6) is 0 Å². The maximum Gasteiger partial charge on any atom is 1.00 e. The van der Waals surface area contributed by atoms with E-state index in [1.807, 2.05) is 9.80 Å². The van der Waals surface area contributed by atoms with Crippen molar-refractivity contribution >= 4 is 17.7 Å². The van der Waals surface area contributed by atoms with Crippen LogP contribution in [-0.4, -0.2) is 79.7 Å². The number of primary amides is 1. The molecule has 2 atom stereocenters. The zero-order chi connectivity index (χ0) is 43.3. The largest absolute Gasteiger partial charge is 1.00 e. The molecule has 332 valence electrons.